The van der Waals surface area contributed by atoms with E-state index in [4.69, 9.17) is 11.5 Å². The van der Waals surface area contributed by atoms with Crippen molar-refractivity contribution in [2.75, 3.05) is 11.5 Å². The van der Waals surface area contributed by atoms with Gasteiger partial charge >= 0.3 is 0 Å². The lowest BCUT2D eigenvalue weighted by atomic mass is 10.2. The van der Waals surface area contributed by atoms with E-state index < -0.39 is 17.7 Å². The van der Waals surface area contributed by atoms with Crippen LogP contribution in [-0.2, 0) is 0 Å². The van der Waals surface area contributed by atoms with Crippen LogP contribution in [0.5, 0.6) is 0 Å². The SMILES string of the molecule is Nc1ccc(-n2c(=O)cc(N)c3ccc(C(F)F)nc32)cc1. The molecule has 0 aliphatic rings. The Morgan fingerprint density at radius 1 is 1.05 bits per heavy atom. The number of anilines is 2. The van der Waals surface area contributed by atoms with Gasteiger partial charge in [0.1, 0.15) is 11.3 Å². The number of nitrogens with zero attached hydrogens (tertiary/aromatic N) is 2. The summed E-state index contributed by atoms with van der Waals surface area (Å²) in [6.07, 6.45) is -2.74. The van der Waals surface area contributed by atoms with Gasteiger partial charge in [-0.3, -0.25) is 9.36 Å². The van der Waals surface area contributed by atoms with Crippen LogP contribution in [0, 0.1) is 0 Å². The van der Waals surface area contributed by atoms with E-state index in [0.717, 1.165) is 0 Å². The number of fused-ring (bicyclic) bond motifs is 1. The van der Waals surface area contributed by atoms with E-state index in [1.807, 2.05) is 0 Å². The van der Waals surface area contributed by atoms with E-state index in [9.17, 15) is 13.6 Å². The fraction of sp³-hybridized carbons (Fsp3) is 0.0667. The third-order valence-corrected chi connectivity index (χ3v) is 3.29. The van der Waals surface area contributed by atoms with Crippen molar-refractivity contribution in [3.8, 4) is 5.69 Å². The lowest BCUT2D eigenvalue weighted by Gasteiger charge is -2.12. The summed E-state index contributed by atoms with van der Waals surface area (Å²) in [7, 11) is 0. The van der Waals surface area contributed by atoms with Crippen LogP contribution < -0.4 is 17.0 Å². The minimum absolute atomic E-state index is 0.0903. The predicted octanol–water partition coefficient (Wildman–Crippen LogP) is 2.49. The maximum Gasteiger partial charge on any atom is 0.280 e. The molecule has 0 radical (unpaired) electrons. The number of alkyl halides is 2. The molecule has 0 amide bonds. The molecule has 2 aromatic heterocycles. The fourth-order valence-corrected chi connectivity index (χ4v) is 2.23. The molecule has 0 saturated heterocycles. The number of halogens is 2. The largest absolute Gasteiger partial charge is 0.399 e. The summed E-state index contributed by atoms with van der Waals surface area (Å²) in [6, 6.07) is 10.3. The van der Waals surface area contributed by atoms with Crippen LogP contribution in [0.1, 0.15) is 12.1 Å². The highest BCUT2D eigenvalue weighted by atomic mass is 19.3. The molecule has 0 unspecified atom stereocenters. The molecule has 0 aliphatic heterocycles. The van der Waals surface area contributed by atoms with Crippen LogP contribution in [-0.4, -0.2) is 9.55 Å². The maximum atomic E-state index is 12.9. The number of nitrogens with two attached hydrogens (primary N) is 2. The van der Waals surface area contributed by atoms with Crippen molar-refractivity contribution in [1.29, 1.82) is 0 Å². The van der Waals surface area contributed by atoms with E-state index in [2.05, 4.69) is 4.98 Å². The molecule has 3 rings (SSSR count). The summed E-state index contributed by atoms with van der Waals surface area (Å²) < 4.78 is 27.0. The third-order valence-electron chi connectivity index (χ3n) is 3.29. The van der Waals surface area contributed by atoms with Crippen LogP contribution in [0.4, 0.5) is 20.2 Å². The first-order chi connectivity index (χ1) is 10.5. The monoisotopic (exact) mass is 302 g/mol. The molecule has 3 aromatic rings. The normalized spacial score (nSPS) is 11.2. The molecule has 2 heterocycles. The number of nitrogen functional groups attached to an aromatic ring is 2. The van der Waals surface area contributed by atoms with Gasteiger partial charge in [0, 0.05) is 22.8 Å². The van der Waals surface area contributed by atoms with Crippen molar-refractivity contribution in [3.05, 3.63) is 58.5 Å². The second-order valence-electron chi connectivity index (χ2n) is 4.77. The van der Waals surface area contributed by atoms with Crippen molar-refractivity contribution in [3.63, 3.8) is 0 Å². The molecule has 0 saturated carbocycles. The Hall–Kier alpha value is -2.96. The van der Waals surface area contributed by atoms with Crippen molar-refractivity contribution < 1.29 is 8.78 Å². The number of aromatic nitrogens is 2. The topological polar surface area (TPSA) is 86.9 Å². The molecular weight excluding hydrogens is 290 g/mol. The highest BCUT2D eigenvalue weighted by molar-refractivity contribution is 5.88. The quantitative estimate of drug-likeness (QED) is 0.712. The Kier molecular flexibility index (Phi) is 3.25. The van der Waals surface area contributed by atoms with Gasteiger partial charge in [0.25, 0.3) is 12.0 Å². The van der Waals surface area contributed by atoms with Crippen LogP contribution in [0.15, 0.2) is 47.3 Å². The highest BCUT2D eigenvalue weighted by Gasteiger charge is 2.14. The minimum Gasteiger partial charge on any atom is -0.399 e. The maximum absolute atomic E-state index is 12.9. The molecule has 0 bridgehead atoms. The number of hydrogen-bond acceptors (Lipinski definition) is 4. The van der Waals surface area contributed by atoms with Gasteiger partial charge in [0.2, 0.25) is 0 Å². The zero-order valence-electron chi connectivity index (χ0n) is 11.3. The molecule has 7 heteroatoms. The van der Waals surface area contributed by atoms with Gasteiger partial charge in [-0.1, -0.05) is 0 Å². The molecule has 112 valence electrons. The summed E-state index contributed by atoms with van der Waals surface area (Å²) in [5.41, 5.74) is 11.8. The lowest BCUT2D eigenvalue weighted by molar-refractivity contribution is 0.146. The Morgan fingerprint density at radius 2 is 1.73 bits per heavy atom. The predicted molar refractivity (Wildman–Crippen MR) is 81.1 cm³/mol. The second-order valence-corrected chi connectivity index (χ2v) is 4.77. The average Bonchev–Trinajstić information content (AvgIpc) is 2.48. The van der Waals surface area contributed by atoms with Crippen LogP contribution >= 0.6 is 0 Å². The van der Waals surface area contributed by atoms with E-state index in [1.165, 1.54) is 22.8 Å². The summed E-state index contributed by atoms with van der Waals surface area (Å²) in [5, 5.41) is 0.431. The van der Waals surface area contributed by atoms with Crippen LogP contribution in [0.3, 0.4) is 0 Å². The van der Waals surface area contributed by atoms with E-state index in [0.29, 0.717) is 16.8 Å². The van der Waals surface area contributed by atoms with Crippen molar-refractivity contribution >= 4 is 22.4 Å². The Balaban J connectivity index is 2.39. The summed E-state index contributed by atoms with van der Waals surface area (Å²) in [6.45, 7) is 0. The second kappa shape index (κ2) is 5.10. The Bertz CT molecular complexity index is 904. The van der Waals surface area contributed by atoms with Gasteiger partial charge in [-0.15, -0.1) is 0 Å². The molecule has 22 heavy (non-hydrogen) atoms. The van der Waals surface area contributed by atoms with Gasteiger partial charge < -0.3 is 11.5 Å². The van der Waals surface area contributed by atoms with Gasteiger partial charge in [-0.05, 0) is 36.4 Å². The molecule has 0 atom stereocenters. The number of pyridine rings is 2. The first-order valence-corrected chi connectivity index (χ1v) is 6.43. The first-order valence-electron chi connectivity index (χ1n) is 6.43. The van der Waals surface area contributed by atoms with E-state index in [1.54, 1.807) is 24.3 Å². The Morgan fingerprint density at radius 3 is 2.36 bits per heavy atom. The third kappa shape index (κ3) is 2.26. The van der Waals surface area contributed by atoms with Gasteiger partial charge in [-0.2, -0.15) is 0 Å². The number of hydrogen-bond donors (Lipinski definition) is 2. The Labute approximate surface area is 123 Å². The zero-order chi connectivity index (χ0) is 15.9. The smallest absolute Gasteiger partial charge is 0.280 e. The van der Waals surface area contributed by atoms with Crippen molar-refractivity contribution in [2.45, 2.75) is 6.43 Å². The lowest BCUT2D eigenvalue weighted by Crippen LogP contribution is -2.20. The first kappa shape index (κ1) is 14.0. The summed E-state index contributed by atoms with van der Waals surface area (Å²) >= 11 is 0. The zero-order valence-corrected chi connectivity index (χ0v) is 11.3. The molecule has 5 nitrogen and oxygen atoms in total. The van der Waals surface area contributed by atoms with E-state index in [-0.39, 0.29) is 11.3 Å². The van der Waals surface area contributed by atoms with E-state index >= 15 is 0 Å². The molecule has 0 spiro atoms. The number of benzene rings is 1. The van der Waals surface area contributed by atoms with Gasteiger partial charge in [-0.25, -0.2) is 13.8 Å². The van der Waals surface area contributed by atoms with Gasteiger partial charge in [0.05, 0.1) is 5.69 Å². The fourth-order valence-electron chi connectivity index (χ4n) is 2.23. The van der Waals surface area contributed by atoms with Gasteiger partial charge in [0.15, 0.2) is 0 Å². The molecule has 0 aliphatic carbocycles. The number of rotatable bonds is 2. The minimum atomic E-state index is -2.74. The summed E-state index contributed by atoms with van der Waals surface area (Å²) in [5.74, 6) is 0. The van der Waals surface area contributed by atoms with Crippen molar-refractivity contribution in [2.24, 2.45) is 0 Å². The molecule has 1 aromatic carbocycles. The van der Waals surface area contributed by atoms with Crippen molar-refractivity contribution in [1.82, 2.24) is 9.55 Å². The summed E-state index contributed by atoms with van der Waals surface area (Å²) in [4.78, 5) is 16.1. The standard InChI is InChI=1S/C15H12F2N4O/c16-14(17)12-6-5-10-11(19)7-13(22)21(15(10)20-12)9-3-1-8(18)2-4-9/h1-7,14H,18-19H2. The highest BCUT2D eigenvalue weighted by Crippen LogP contribution is 2.24. The molecule has 4 N–H and O–H groups in total. The van der Waals surface area contributed by atoms with Crippen LogP contribution in [0.25, 0.3) is 16.7 Å². The van der Waals surface area contributed by atoms with Crippen LogP contribution in [0.2, 0.25) is 0 Å². The average molecular weight is 302 g/mol. The molecular formula is C15H12F2N4O. The molecule has 0 fully saturated rings.